The summed E-state index contributed by atoms with van der Waals surface area (Å²) in [5.74, 6) is -0.114. The molecule has 5 heteroatoms. The number of methoxy groups -OCH3 is 1. The highest BCUT2D eigenvalue weighted by molar-refractivity contribution is 9.10. The summed E-state index contributed by atoms with van der Waals surface area (Å²) in [6.45, 7) is 1.99. The summed E-state index contributed by atoms with van der Waals surface area (Å²) >= 11 is 3.38. The van der Waals surface area contributed by atoms with Crippen LogP contribution >= 0.6 is 15.9 Å². The number of nitrogens with one attached hydrogen (secondary N) is 1. The lowest BCUT2D eigenvalue weighted by atomic mass is 10.1. The van der Waals surface area contributed by atoms with Crippen LogP contribution in [0.4, 0.5) is 10.1 Å². The van der Waals surface area contributed by atoms with Gasteiger partial charge in [-0.1, -0.05) is 6.07 Å². The van der Waals surface area contributed by atoms with Crippen LogP contribution in [-0.2, 0) is 0 Å². The van der Waals surface area contributed by atoms with Crippen LogP contribution in [0, 0.1) is 5.82 Å². The van der Waals surface area contributed by atoms with Crippen LogP contribution in [0.2, 0.25) is 0 Å². The van der Waals surface area contributed by atoms with Gasteiger partial charge >= 0.3 is 0 Å². The number of halogens is 2. The molecule has 1 aromatic heterocycles. The van der Waals surface area contributed by atoms with Crippen molar-refractivity contribution in [2.24, 2.45) is 0 Å². The van der Waals surface area contributed by atoms with Crippen molar-refractivity contribution in [1.82, 2.24) is 4.98 Å². The normalized spacial score (nSPS) is 12.0. The van der Waals surface area contributed by atoms with Crippen molar-refractivity contribution in [3.05, 3.63) is 52.5 Å². The molecular formula is C14H14BrFN2O. The molecule has 1 heterocycles. The molecule has 0 radical (unpaired) electrons. The molecule has 2 aromatic rings. The smallest absolute Gasteiger partial charge is 0.165 e. The minimum atomic E-state index is -0.360. The third-order valence-electron chi connectivity index (χ3n) is 2.81. The van der Waals surface area contributed by atoms with E-state index in [2.05, 4.69) is 26.2 Å². The molecule has 100 valence electrons. The average molecular weight is 325 g/mol. The number of hydrogen-bond acceptors (Lipinski definition) is 3. The average Bonchev–Trinajstić information content (AvgIpc) is 2.42. The van der Waals surface area contributed by atoms with Crippen LogP contribution in [0.3, 0.4) is 0 Å². The maximum Gasteiger partial charge on any atom is 0.165 e. The first kappa shape index (κ1) is 13.8. The number of anilines is 1. The summed E-state index contributed by atoms with van der Waals surface area (Å²) in [5, 5.41) is 3.31. The molecule has 1 N–H and O–H groups in total. The fourth-order valence-electron chi connectivity index (χ4n) is 1.76. The summed E-state index contributed by atoms with van der Waals surface area (Å²) < 4.78 is 19.1. The lowest BCUT2D eigenvalue weighted by molar-refractivity contribution is 0.385. The maximum atomic E-state index is 13.4. The van der Waals surface area contributed by atoms with Crippen LogP contribution in [0.5, 0.6) is 5.75 Å². The van der Waals surface area contributed by atoms with E-state index in [9.17, 15) is 4.39 Å². The zero-order valence-corrected chi connectivity index (χ0v) is 12.2. The Kier molecular flexibility index (Phi) is 4.37. The molecule has 19 heavy (non-hydrogen) atoms. The number of benzene rings is 1. The maximum absolute atomic E-state index is 13.4. The summed E-state index contributed by atoms with van der Waals surface area (Å²) in [6.07, 6.45) is 1.71. The van der Waals surface area contributed by atoms with Crippen LogP contribution in [-0.4, -0.2) is 12.1 Å². The molecule has 3 nitrogen and oxygen atoms in total. The highest BCUT2D eigenvalue weighted by atomic mass is 79.9. The number of ether oxygens (including phenoxy) is 1. The zero-order chi connectivity index (χ0) is 13.8. The van der Waals surface area contributed by atoms with E-state index in [1.54, 1.807) is 18.3 Å². The van der Waals surface area contributed by atoms with Gasteiger partial charge in [-0.2, -0.15) is 0 Å². The van der Waals surface area contributed by atoms with E-state index < -0.39 is 0 Å². The van der Waals surface area contributed by atoms with Crippen molar-refractivity contribution < 1.29 is 9.13 Å². The first-order chi connectivity index (χ1) is 9.11. The first-order valence-electron chi connectivity index (χ1n) is 5.82. The monoisotopic (exact) mass is 324 g/mol. The Bertz CT molecular complexity index is 577. The SMILES string of the molecule is COc1cc(C(C)Nc2cccnc2Br)ccc1F. The molecule has 1 aromatic carbocycles. The second-order valence-electron chi connectivity index (χ2n) is 4.10. The van der Waals surface area contributed by atoms with Crippen LogP contribution in [0.1, 0.15) is 18.5 Å². The summed E-state index contributed by atoms with van der Waals surface area (Å²) in [6, 6.07) is 8.62. The molecule has 1 unspecified atom stereocenters. The number of pyridine rings is 1. The van der Waals surface area contributed by atoms with Gasteiger partial charge in [-0.05, 0) is 52.7 Å². The third-order valence-corrected chi connectivity index (χ3v) is 3.44. The molecule has 0 aliphatic heterocycles. The lowest BCUT2D eigenvalue weighted by Crippen LogP contribution is -2.08. The minimum Gasteiger partial charge on any atom is -0.494 e. The molecule has 0 spiro atoms. The van der Waals surface area contributed by atoms with E-state index in [1.165, 1.54) is 13.2 Å². The molecule has 0 aliphatic rings. The van der Waals surface area contributed by atoms with E-state index >= 15 is 0 Å². The van der Waals surface area contributed by atoms with Gasteiger partial charge in [-0.25, -0.2) is 9.37 Å². The zero-order valence-electron chi connectivity index (χ0n) is 10.7. The van der Waals surface area contributed by atoms with E-state index in [1.807, 2.05) is 19.1 Å². The van der Waals surface area contributed by atoms with Crippen molar-refractivity contribution in [1.29, 1.82) is 0 Å². The molecule has 0 fully saturated rings. The van der Waals surface area contributed by atoms with Crippen LogP contribution in [0.25, 0.3) is 0 Å². The van der Waals surface area contributed by atoms with Crippen molar-refractivity contribution in [3.63, 3.8) is 0 Å². The molecule has 0 saturated carbocycles. The standard InChI is InChI=1S/C14H14BrFN2O/c1-9(18-12-4-3-7-17-14(12)15)10-5-6-11(16)13(8-10)19-2/h3-9,18H,1-2H3. The Labute approximate surface area is 119 Å². The molecule has 2 rings (SSSR count). The van der Waals surface area contributed by atoms with Gasteiger partial charge in [0.1, 0.15) is 4.60 Å². The first-order valence-corrected chi connectivity index (χ1v) is 6.61. The van der Waals surface area contributed by atoms with Crippen LogP contribution in [0.15, 0.2) is 41.1 Å². The Morgan fingerprint density at radius 1 is 1.37 bits per heavy atom. The van der Waals surface area contributed by atoms with Crippen molar-refractivity contribution in [2.75, 3.05) is 12.4 Å². The van der Waals surface area contributed by atoms with Gasteiger partial charge in [0, 0.05) is 12.2 Å². The second-order valence-corrected chi connectivity index (χ2v) is 4.85. The Balaban J connectivity index is 2.20. The predicted octanol–water partition coefficient (Wildman–Crippen LogP) is 4.16. The number of rotatable bonds is 4. The summed E-state index contributed by atoms with van der Waals surface area (Å²) in [7, 11) is 1.46. The van der Waals surface area contributed by atoms with Gasteiger partial charge in [0.05, 0.1) is 12.8 Å². The summed E-state index contributed by atoms with van der Waals surface area (Å²) in [5.41, 5.74) is 1.83. The third kappa shape index (κ3) is 3.23. The van der Waals surface area contributed by atoms with Gasteiger partial charge in [0.15, 0.2) is 11.6 Å². The molecule has 0 amide bonds. The van der Waals surface area contributed by atoms with Gasteiger partial charge in [-0.3, -0.25) is 0 Å². The second kappa shape index (κ2) is 6.02. The number of nitrogens with zero attached hydrogens (tertiary/aromatic N) is 1. The number of hydrogen-bond donors (Lipinski definition) is 1. The Morgan fingerprint density at radius 2 is 2.16 bits per heavy atom. The van der Waals surface area contributed by atoms with E-state index in [-0.39, 0.29) is 17.6 Å². The van der Waals surface area contributed by atoms with Crippen LogP contribution < -0.4 is 10.1 Å². The van der Waals surface area contributed by atoms with Gasteiger partial charge in [0.25, 0.3) is 0 Å². The largest absolute Gasteiger partial charge is 0.494 e. The van der Waals surface area contributed by atoms with E-state index in [0.29, 0.717) is 0 Å². The Hall–Kier alpha value is -1.62. The van der Waals surface area contributed by atoms with Gasteiger partial charge in [0.2, 0.25) is 0 Å². The molecule has 0 saturated heterocycles. The highest BCUT2D eigenvalue weighted by Crippen LogP contribution is 2.27. The number of aromatic nitrogens is 1. The highest BCUT2D eigenvalue weighted by Gasteiger charge is 2.11. The van der Waals surface area contributed by atoms with Crippen molar-refractivity contribution >= 4 is 21.6 Å². The quantitative estimate of drug-likeness (QED) is 0.857. The Morgan fingerprint density at radius 3 is 2.84 bits per heavy atom. The lowest BCUT2D eigenvalue weighted by Gasteiger charge is -2.17. The molecule has 0 bridgehead atoms. The van der Waals surface area contributed by atoms with Gasteiger partial charge < -0.3 is 10.1 Å². The molecule has 1 atom stereocenters. The van der Waals surface area contributed by atoms with E-state index in [4.69, 9.17) is 4.74 Å². The topological polar surface area (TPSA) is 34.1 Å². The molecule has 0 aliphatic carbocycles. The van der Waals surface area contributed by atoms with E-state index in [0.717, 1.165) is 15.9 Å². The fourth-order valence-corrected chi connectivity index (χ4v) is 2.12. The summed E-state index contributed by atoms with van der Waals surface area (Å²) in [4.78, 5) is 4.14. The fraction of sp³-hybridized carbons (Fsp3) is 0.214. The van der Waals surface area contributed by atoms with Crippen molar-refractivity contribution in [2.45, 2.75) is 13.0 Å². The molecular weight excluding hydrogens is 311 g/mol. The predicted molar refractivity (Wildman–Crippen MR) is 76.9 cm³/mol. The minimum absolute atomic E-state index is 0.00926. The van der Waals surface area contributed by atoms with Crippen molar-refractivity contribution in [3.8, 4) is 5.75 Å². The van der Waals surface area contributed by atoms with Gasteiger partial charge in [-0.15, -0.1) is 0 Å².